The van der Waals surface area contributed by atoms with Gasteiger partial charge in [0.25, 0.3) is 5.91 Å². The van der Waals surface area contributed by atoms with Crippen LogP contribution in [0.4, 0.5) is 5.82 Å². The predicted molar refractivity (Wildman–Crippen MR) is 101 cm³/mol. The van der Waals surface area contributed by atoms with Crippen LogP contribution in [0.5, 0.6) is 0 Å². The smallest absolute Gasteiger partial charge is 0.252 e. The Bertz CT molecular complexity index is 533. The summed E-state index contributed by atoms with van der Waals surface area (Å²) in [7, 11) is 1.72. The average molecular weight is 348 g/mol. The highest BCUT2D eigenvalue weighted by Gasteiger charge is 2.32. The van der Waals surface area contributed by atoms with Crippen LogP contribution in [0, 0.1) is 5.41 Å². The predicted octanol–water partition coefficient (Wildman–Crippen LogP) is 2.06. The molecule has 2 heterocycles. The minimum absolute atomic E-state index is 0.0275. The summed E-state index contributed by atoms with van der Waals surface area (Å²) in [6.07, 6.45) is 3.69. The molecular weight excluding hydrogens is 316 g/mol. The van der Waals surface area contributed by atoms with Gasteiger partial charge in [0, 0.05) is 37.9 Å². The summed E-state index contributed by atoms with van der Waals surface area (Å²) in [5, 5.41) is 6.45. The number of pyridine rings is 1. The third-order valence-corrected chi connectivity index (χ3v) is 5.01. The number of methoxy groups -OCH3 is 1. The van der Waals surface area contributed by atoms with Crippen LogP contribution in [0.1, 0.15) is 44.0 Å². The highest BCUT2D eigenvalue weighted by molar-refractivity contribution is 5.94. The Hall–Kier alpha value is -1.66. The molecule has 1 aromatic heterocycles. The van der Waals surface area contributed by atoms with Gasteiger partial charge in [-0.2, -0.15) is 0 Å². The van der Waals surface area contributed by atoms with E-state index in [4.69, 9.17) is 4.74 Å². The van der Waals surface area contributed by atoms with Crippen molar-refractivity contribution < 1.29 is 9.53 Å². The lowest BCUT2D eigenvalue weighted by Crippen LogP contribution is -2.47. The number of rotatable bonds is 8. The Balaban J connectivity index is 1.98. The number of carbonyl (C=O) groups is 1. The van der Waals surface area contributed by atoms with Crippen LogP contribution in [0.25, 0.3) is 0 Å². The summed E-state index contributed by atoms with van der Waals surface area (Å²) in [4.78, 5) is 19.2. The molecular formula is C19H32N4O2. The molecule has 25 heavy (non-hydrogen) atoms. The van der Waals surface area contributed by atoms with E-state index >= 15 is 0 Å². The summed E-state index contributed by atoms with van der Waals surface area (Å²) in [5.74, 6) is 0.837. The van der Waals surface area contributed by atoms with E-state index in [9.17, 15) is 4.79 Å². The minimum Gasteiger partial charge on any atom is -0.384 e. The normalized spacial score (nSPS) is 16.7. The zero-order chi connectivity index (χ0) is 18.3. The van der Waals surface area contributed by atoms with Crippen molar-refractivity contribution in [2.24, 2.45) is 5.41 Å². The number of aromatic nitrogens is 1. The maximum Gasteiger partial charge on any atom is 0.252 e. The summed E-state index contributed by atoms with van der Waals surface area (Å²) in [6, 6.07) is 4.16. The first-order valence-corrected chi connectivity index (χ1v) is 9.22. The Labute approximate surface area is 151 Å². The standard InChI is InChI=1S/C19H32N4O2/c1-5-23(15(2)3)17-7-6-16(12-21-17)18(24)22-13-19(14-25-4)8-10-20-11-9-19/h6-7,12,15,20H,5,8-11,13-14H2,1-4H3,(H,22,24). The molecule has 140 valence electrons. The molecule has 1 aliphatic heterocycles. The molecule has 6 nitrogen and oxygen atoms in total. The van der Waals surface area contributed by atoms with Gasteiger partial charge in [0.1, 0.15) is 5.82 Å². The monoisotopic (exact) mass is 348 g/mol. The fraction of sp³-hybridized carbons (Fsp3) is 0.684. The number of anilines is 1. The number of carbonyl (C=O) groups excluding carboxylic acids is 1. The molecule has 0 aromatic carbocycles. The number of hydrogen-bond acceptors (Lipinski definition) is 5. The van der Waals surface area contributed by atoms with E-state index in [1.165, 1.54) is 0 Å². The number of hydrogen-bond donors (Lipinski definition) is 2. The summed E-state index contributed by atoms with van der Waals surface area (Å²) < 4.78 is 5.40. The van der Waals surface area contributed by atoms with Crippen molar-refractivity contribution in [2.45, 2.75) is 39.7 Å². The largest absolute Gasteiger partial charge is 0.384 e. The van der Waals surface area contributed by atoms with Gasteiger partial charge in [0.05, 0.1) is 12.2 Å². The van der Waals surface area contributed by atoms with E-state index in [0.29, 0.717) is 24.8 Å². The number of ether oxygens (including phenoxy) is 1. The summed E-state index contributed by atoms with van der Waals surface area (Å²) >= 11 is 0. The molecule has 1 aliphatic rings. The van der Waals surface area contributed by atoms with Crippen molar-refractivity contribution in [1.82, 2.24) is 15.6 Å². The van der Waals surface area contributed by atoms with Crippen LogP contribution in [-0.4, -0.2) is 56.8 Å². The zero-order valence-electron chi connectivity index (χ0n) is 16.0. The van der Waals surface area contributed by atoms with E-state index in [1.54, 1.807) is 13.3 Å². The fourth-order valence-electron chi connectivity index (χ4n) is 3.49. The number of amides is 1. The van der Waals surface area contributed by atoms with Crippen LogP contribution in [0.3, 0.4) is 0 Å². The van der Waals surface area contributed by atoms with Crippen molar-refractivity contribution in [2.75, 3.05) is 44.8 Å². The highest BCUT2D eigenvalue weighted by atomic mass is 16.5. The van der Waals surface area contributed by atoms with E-state index in [-0.39, 0.29) is 11.3 Å². The molecule has 0 spiro atoms. The van der Waals surface area contributed by atoms with Gasteiger partial charge in [0.2, 0.25) is 0 Å². The van der Waals surface area contributed by atoms with Gasteiger partial charge >= 0.3 is 0 Å². The van der Waals surface area contributed by atoms with Crippen molar-refractivity contribution in [3.05, 3.63) is 23.9 Å². The molecule has 6 heteroatoms. The molecule has 0 saturated carbocycles. The lowest BCUT2D eigenvalue weighted by Gasteiger charge is -2.37. The first kappa shape index (κ1) is 19.7. The van der Waals surface area contributed by atoms with Crippen molar-refractivity contribution in [1.29, 1.82) is 0 Å². The third-order valence-electron chi connectivity index (χ3n) is 5.01. The van der Waals surface area contributed by atoms with E-state index < -0.39 is 0 Å². The highest BCUT2D eigenvalue weighted by Crippen LogP contribution is 2.28. The first-order valence-electron chi connectivity index (χ1n) is 9.22. The molecule has 1 aromatic rings. The Morgan fingerprint density at radius 3 is 2.64 bits per heavy atom. The molecule has 1 saturated heterocycles. The van der Waals surface area contributed by atoms with E-state index in [0.717, 1.165) is 38.3 Å². The second-order valence-electron chi connectivity index (χ2n) is 7.15. The molecule has 0 radical (unpaired) electrons. The van der Waals surface area contributed by atoms with Gasteiger partial charge < -0.3 is 20.3 Å². The Kier molecular flexibility index (Phi) is 7.20. The maximum absolute atomic E-state index is 12.5. The fourth-order valence-corrected chi connectivity index (χ4v) is 3.49. The molecule has 1 amide bonds. The summed E-state index contributed by atoms with van der Waals surface area (Å²) in [6.45, 7) is 10.5. The van der Waals surface area contributed by atoms with Crippen molar-refractivity contribution >= 4 is 11.7 Å². The minimum atomic E-state index is -0.0688. The molecule has 0 aliphatic carbocycles. The lowest BCUT2D eigenvalue weighted by atomic mass is 9.79. The van der Waals surface area contributed by atoms with Crippen LogP contribution in [-0.2, 0) is 4.74 Å². The first-order chi connectivity index (χ1) is 12.0. The molecule has 2 N–H and O–H groups in total. The SMILES string of the molecule is CCN(c1ccc(C(=O)NCC2(COC)CCNCC2)cn1)C(C)C. The number of piperidine rings is 1. The third kappa shape index (κ3) is 5.16. The lowest BCUT2D eigenvalue weighted by molar-refractivity contribution is 0.0511. The van der Waals surface area contributed by atoms with Gasteiger partial charge in [-0.15, -0.1) is 0 Å². The quantitative estimate of drug-likeness (QED) is 0.753. The van der Waals surface area contributed by atoms with Gasteiger partial charge in [-0.25, -0.2) is 4.98 Å². The molecule has 2 rings (SSSR count). The molecule has 0 unspecified atom stereocenters. The molecule has 0 atom stereocenters. The Morgan fingerprint density at radius 1 is 1.40 bits per heavy atom. The average Bonchev–Trinajstić information content (AvgIpc) is 2.62. The number of nitrogens with zero attached hydrogens (tertiary/aromatic N) is 2. The van der Waals surface area contributed by atoms with Crippen molar-refractivity contribution in [3.8, 4) is 0 Å². The van der Waals surface area contributed by atoms with Crippen molar-refractivity contribution in [3.63, 3.8) is 0 Å². The summed E-state index contributed by atoms with van der Waals surface area (Å²) in [5.41, 5.74) is 0.629. The second-order valence-corrected chi connectivity index (χ2v) is 7.15. The zero-order valence-corrected chi connectivity index (χ0v) is 16.0. The van der Waals surface area contributed by atoms with Crippen LogP contribution >= 0.6 is 0 Å². The van der Waals surface area contributed by atoms with Crippen LogP contribution in [0.15, 0.2) is 18.3 Å². The number of nitrogens with one attached hydrogen (secondary N) is 2. The van der Waals surface area contributed by atoms with Gasteiger partial charge in [-0.1, -0.05) is 0 Å². The van der Waals surface area contributed by atoms with Gasteiger partial charge in [0.15, 0.2) is 0 Å². The van der Waals surface area contributed by atoms with Gasteiger partial charge in [-0.3, -0.25) is 4.79 Å². The van der Waals surface area contributed by atoms with E-state index in [1.807, 2.05) is 12.1 Å². The van der Waals surface area contributed by atoms with Crippen LogP contribution in [0.2, 0.25) is 0 Å². The molecule has 0 bridgehead atoms. The van der Waals surface area contributed by atoms with Gasteiger partial charge in [-0.05, 0) is 58.8 Å². The topological polar surface area (TPSA) is 66.5 Å². The second kappa shape index (κ2) is 9.15. The van der Waals surface area contributed by atoms with Crippen LogP contribution < -0.4 is 15.5 Å². The van der Waals surface area contributed by atoms with E-state index in [2.05, 4.69) is 41.3 Å². The maximum atomic E-state index is 12.5. The Morgan fingerprint density at radius 2 is 2.12 bits per heavy atom. The molecule has 1 fully saturated rings.